The molecule has 0 aliphatic carbocycles. The minimum Gasteiger partial charge on any atom is -0.353 e. The van der Waals surface area contributed by atoms with Crippen molar-refractivity contribution in [3.05, 3.63) is 93.3 Å². The first kappa shape index (κ1) is 16.7. The summed E-state index contributed by atoms with van der Waals surface area (Å²) in [6.07, 6.45) is 0.949. The minimum absolute atomic E-state index is 0.279. The molecule has 0 aliphatic heterocycles. The Morgan fingerprint density at radius 1 is 1.04 bits per heavy atom. The Kier molecular flexibility index (Phi) is 5.11. The van der Waals surface area contributed by atoms with E-state index >= 15 is 0 Å². The van der Waals surface area contributed by atoms with Crippen LogP contribution in [0, 0.1) is 0 Å². The van der Waals surface area contributed by atoms with Crippen molar-refractivity contribution in [1.82, 2.24) is 9.55 Å². The molecule has 6 heteroatoms. The highest BCUT2D eigenvalue weighted by atomic mass is 16.5. The highest BCUT2D eigenvalue weighted by Crippen LogP contribution is 2.14. The van der Waals surface area contributed by atoms with E-state index in [0.717, 1.165) is 11.3 Å². The molecule has 1 atom stereocenters. The molecule has 6 nitrogen and oxygen atoms in total. The van der Waals surface area contributed by atoms with Crippen molar-refractivity contribution in [2.45, 2.75) is 19.8 Å². The van der Waals surface area contributed by atoms with E-state index in [2.05, 4.69) is 10.3 Å². The third-order valence-corrected chi connectivity index (χ3v) is 3.75. The van der Waals surface area contributed by atoms with E-state index < -0.39 is 17.5 Å². The molecule has 0 unspecified atom stereocenters. The van der Waals surface area contributed by atoms with E-state index in [1.807, 2.05) is 60.7 Å². The van der Waals surface area contributed by atoms with Gasteiger partial charge in [0.1, 0.15) is 11.9 Å². The maximum atomic E-state index is 12.1. The molecule has 3 aromatic rings. The Morgan fingerprint density at radius 2 is 1.68 bits per heavy atom. The van der Waals surface area contributed by atoms with Crippen LogP contribution in [0.4, 0.5) is 11.4 Å². The molecule has 0 bridgehead atoms. The van der Waals surface area contributed by atoms with Crippen LogP contribution < -0.4 is 16.6 Å². The lowest BCUT2D eigenvalue weighted by Crippen LogP contribution is -2.33. The van der Waals surface area contributed by atoms with Crippen LogP contribution >= 0.6 is 0 Å². The van der Waals surface area contributed by atoms with E-state index in [1.165, 1.54) is 10.8 Å². The number of hydrogen-bond acceptors (Lipinski definition) is 4. The van der Waals surface area contributed by atoms with Gasteiger partial charge in [-0.2, -0.15) is 0 Å². The van der Waals surface area contributed by atoms with E-state index in [9.17, 15) is 9.59 Å². The van der Waals surface area contributed by atoms with E-state index in [1.54, 1.807) is 6.92 Å². The molecule has 0 spiro atoms. The van der Waals surface area contributed by atoms with E-state index in [4.69, 9.17) is 4.74 Å². The fraction of sp³-hybridized carbons (Fsp3) is 0.158. The number of hydrogen-bond donors (Lipinski definition) is 2. The summed E-state index contributed by atoms with van der Waals surface area (Å²) in [6, 6.07) is 19.0. The Morgan fingerprint density at radius 3 is 2.36 bits per heavy atom. The van der Waals surface area contributed by atoms with Crippen LogP contribution in [0.3, 0.4) is 0 Å². The standard InChI is InChI=1S/C19H19N3O3/c1-14(25-13-15-8-4-2-5-9-15)22-12-17(18(23)21-19(22)24)20-16-10-6-3-7-11-16/h2-12,14,20H,13H2,1H3,(H,21,23,24)/t14-/m1/s1. The van der Waals surface area contributed by atoms with Gasteiger partial charge in [-0.3, -0.25) is 14.3 Å². The normalized spacial score (nSPS) is 11.9. The molecule has 0 fully saturated rings. The minimum atomic E-state index is -0.527. The second-order valence-electron chi connectivity index (χ2n) is 5.60. The number of aromatic nitrogens is 2. The summed E-state index contributed by atoms with van der Waals surface area (Å²) in [5.74, 6) is 0. The lowest BCUT2D eigenvalue weighted by atomic mass is 10.2. The lowest BCUT2D eigenvalue weighted by Gasteiger charge is -2.17. The maximum absolute atomic E-state index is 12.1. The van der Waals surface area contributed by atoms with Crippen molar-refractivity contribution in [3.8, 4) is 0 Å². The van der Waals surface area contributed by atoms with Gasteiger partial charge in [-0.1, -0.05) is 48.5 Å². The number of aromatic amines is 1. The number of para-hydroxylation sites is 1. The van der Waals surface area contributed by atoms with Gasteiger partial charge >= 0.3 is 5.69 Å². The second-order valence-corrected chi connectivity index (χ2v) is 5.60. The Labute approximate surface area is 144 Å². The molecule has 0 amide bonds. The van der Waals surface area contributed by atoms with Crippen molar-refractivity contribution in [2.75, 3.05) is 5.32 Å². The molecular weight excluding hydrogens is 318 g/mol. The van der Waals surface area contributed by atoms with Crippen molar-refractivity contribution < 1.29 is 4.74 Å². The van der Waals surface area contributed by atoms with Crippen molar-refractivity contribution in [2.24, 2.45) is 0 Å². The summed E-state index contributed by atoms with van der Waals surface area (Å²) < 4.78 is 7.11. The van der Waals surface area contributed by atoms with Crippen LogP contribution in [0.2, 0.25) is 0 Å². The fourth-order valence-electron chi connectivity index (χ4n) is 2.39. The summed E-state index contributed by atoms with van der Waals surface area (Å²) in [7, 11) is 0. The van der Waals surface area contributed by atoms with Crippen LogP contribution in [0.25, 0.3) is 0 Å². The molecule has 3 rings (SSSR count). The Hall–Kier alpha value is -3.12. The number of rotatable bonds is 6. The first-order valence-electron chi connectivity index (χ1n) is 7.96. The number of nitrogens with zero attached hydrogens (tertiary/aromatic N) is 1. The van der Waals surface area contributed by atoms with Gasteiger partial charge in [0, 0.05) is 11.9 Å². The molecule has 128 valence electrons. The molecule has 2 aromatic carbocycles. The van der Waals surface area contributed by atoms with Crippen molar-refractivity contribution in [1.29, 1.82) is 0 Å². The number of anilines is 2. The molecular formula is C19H19N3O3. The fourth-order valence-corrected chi connectivity index (χ4v) is 2.39. The molecule has 0 saturated carbocycles. The molecule has 0 radical (unpaired) electrons. The first-order valence-corrected chi connectivity index (χ1v) is 7.96. The predicted molar refractivity (Wildman–Crippen MR) is 97.0 cm³/mol. The summed E-state index contributed by atoms with van der Waals surface area (Å²) in [6.45, 7) is 2.13. The number of ether oxygens (including phenoxy) is 1. The van der Waals surface area contributed by atoms with Gasteiger partial charge < -0.3 is 10.1 Å². The van der Waals surface area contributed by atoms with Crippen LogP contribution in [0.15, 0.2) is 76.4 Å². The van der Waals surface area contributed by atoms with Crippen LogP contribution in [-0.4, -0.2) is 9.55 Å². The van der Waals surface area contributed by atoms with E-state index in [0.29, 0.717) is 6.61 Å². The van der Waals surface area contributed by atoms with E-state index in [-0.39, 0.29) is 5.69 Å². The third-order valence-electron chi connectivity index (χ3n) is 3.75. The van der Waals surface area contributed by atoms with Crippen LogP contribution in [0.5, 0.6) is 0 Å². The quantitative estimate of drug-likeness (QED) is 0.725. The highest BCUT2D eigenvalue weighted by molar-refractivity contribution is 5.57. The van der Waals surface area contributed by atoms with Crippen LogP contribution in [0.1, 0.15) is 18.7 Å². The molecule has 2 N–H and O–H groups in total. The van der Waals surface area contributed by atoms with Gasteiger partial charge in [0.2, 0.25) is 0 Å². The van der Waals surface area contributed by atoms with Gasteiger partial charge in [0.25, 0.3) is 5.56 Å². The zero-order valence-electron chi connectivity index (χ0n) is 13.8. The average molecular weight is 337 g/mol. The molecule has 1 aromatic heterocycles. The monoisotopic (exact) mass is 337 g/mol. The van der Waals surface area contributed by atoms with Gasteiger partial charge in [-0.15, -0.1) is 0 Å². The first-order chi connectivity index (χ1) is 12.1. The largest absolute Gasteiger partial charge is 0.353 e. The van der Waals surface area contributed by atoms with Crippen LogP contribution in [-0.2, 0) is 11.3 Å². The summed E-state index contributed by atoms with van der Waals surface area (Å²) >= 11 is 0. The zero-order valence-corrected chi connectivity index (χ0v) is 13.8. The molecule has 25 heavy (non-hydrogen) atoms. The van der Waals surface area contributed by atoms with Crippen molar-refractivity contribution in [3.63, 3.8) is 0 Å². The summed E-state index contributed by atoms with van der Waals surface area (Å²) in [5, 5.41) is 3.01. The third kappa shape index (κ3) is 4.24. The van der Waals surface area contributed by atoms with Crippen molar-refractivity contribution >= 4 is 11.4 Å². The maximum Gasteiger partial charge on any atom is 0.330 e. The average Bonchev–Trinajstić information content (AvgIpc) is 2.64. The topological polar surface area (TPSA) is 76.1 Å². The smallest absolute Gasteiger partial charge is 0.330 e. The summed E-state index contributed by atoms with van der Waals surface area (Å²) in [4.78, 5) is 26.4. The number of nitrogens with one attached hydrogen (secondary N) is 2. The van der Waals surface area contributed by atoms with Gasteiger partial charge in [-0.05, 0) is 24.6 Å². The lowest BCUT2D eigenvalue weighted by molar-refractivity contribution is 0.000947. The zero-order chi connectivity index (χ0) is 17.6. The number of benzene rings is 2. The van der Waals surface area contributed by atoms with Gasteiger partial charge in [0.15, 0.2) is 0 Å². The molecule has 0 saturated heterocycles. The molecule has 1 heterocycles. The number of H-pyrrole nitrogens is 1. The highest BCUT2D eigenvalue weighted by Gasteiger charge is 2.11. The predicted octanol–water partition coefficient (Wildman–Crippen LogP) is 3.02. The van der Waals surface area contributed by atoms with Gasteiger partial charge in [0.05, 0.1) is 6.61 Å². The van der Waals surface area contributed by atoms with Gasteiger partial charge in [-0.25, -0.2) is 4.79 Å². The second kappa shape index (κ2) is 7.63. The Bertz CT molecular complexity index is 933. The Balaban J connectivity index is 1.79. The molecule has 0 aliphatic rings. The SMILES string of the molecule is C[C@@H](OCc1ccccc1)n1cc(Nc2ccccc2)c(=O)[nH]c1=O. The summed E-state index contributed by atoms with van der Waals surface area (Å²) in [5.41, 5.74) is 1.07.